The highest BCUT2D eigenvalue weighted by Gasteiger charge is 2.04. The van der Waals surface area contributed by atoms with E-state index < -0.39 is 6.17 Å². The van der Waals surface area contributed by atoms with Gasteiger partial charge in [-0.05, 0) is 38.3 Å². The second kappa shape index (κ2) is 4.35. The van der Waals surface area contributed by atoms with Gasteiger partial charge < -0.3 is 0 Å². The molecule has 2 heteroatoms. The summed E-state index contributed by atoms with van der Waals surface area (Å²) in [7, 11) is 0. The molecule has 13 heavy (non-hydrogen) atoms. The van der Waals surface area contributed by atoms with Crippen LogP contribution in [0.25, 0.3) is 0 Å². The van der Waals surface area contributed by atoms with Crippen molar-refractivity contribution in [1.29, 1.82) is 0 Å². The van der Waals surface area contributed by atoms with Gasteiger partial charge in [-0.3, -0.25) is 0 Å². The van der Waals surface area contributed by atoms with Crippen molar-refractivity contribution in [1.82, 2.24) is 0 Å². The fourth-order valence-electron chi connectivity index (χ4n) is 1.25. The van der Waals surface area contributed by atoms with Crippen molar-refractivity contribution < 1.29 is 8.78 Å². The van der Waals surface area contributed by atoms with E-state index >= 15 is 0 Å². The molecular weight excluding hydrogens is 170 g/mol. The molecule has 0 unspecified atom stereocenters. The third kappa shape index (κ3) is 3.13. The molecule has 0 nitrogen and oxygen atoms in total. The second-order valence-corrected chi connectivity index (χ2v) is 3.41. The molecule has 0 radical (unpaired) electrons. The summed E-state index contributed by atoms with van der Waals surface area (Å²) in [5, 5.41) is 0. The number of alkyl halides is 1. The van der Waals surface area contributed by atoms with Gasteiger partial charge in [-0.2, -0.15) is 0 Å². The van der Waals surface area contributed by atoms with Crippen LogP contribution in [0.1, 0.15) is 24.5 Å². The average molecular weight is 184 g/mol. The lowest BCUT2D eigenvalue weighted by atomic mass is 10.1. The van der Waals surface area contributed by atoms with E-state index in [0.717, 1.165) is 5.56 Å². The molecule has 0 aliphatic rings. The first kappa shape index (κ1) is 10.2. The molecule has 0 N–H and O–H groups in total. The van der Waals surface area contributed by atoms with Gasteiger partial charge in [-0.1, -0.05) is 17.7 Å². The summed E-state index contributed by atoms with van der Waals surface area (Å²) in [5.74, 6) is -0.230. The molecule has 72 valence electrons. The van der Waals surface area contributed by atoms with Crippen LogP contribution in [-0.4, -0.2) is 6.17 Å². The molecule has 0 saturated heterocycles. The minimum Gasteiger partial charge on any atom is -0.248 e. The van der Waals surface area contributed by atoms with E-state index in [9.17, 15) is 8.78 Å². The molecule has 0 saturated carbocycles. The van der Waals surface area contributed by atoms with Crippen molar-refractivity contribution in [3.63, 3.8) is 0 Å². The maximum absolute atomic E-state index is 13.1. The Bertz CT molecular complexity index is 279. The summed E-state index contributed by atoms with van der Waals surface area (Å²) in [5.41, 5.74) is 1.63. The molecule has 1 aromatic rings. The van der Waals surface area contributed by atoms with Crippen molar-refractivity contribution in [3.05, 3.63) is 35.1 Å². The molecule has 0 aliphatic heterocycles. The predicted molar refractivity (Wildman–Crippen MR) is 50.0 cm³/mol. The van der Waals surface area contributed by atoms with Crippen LogP contribution in [0.3, 0.4) is 0 Å². The molecule has 0 heterocycles. The third-order valence-electron chi connectivity index (χ3n) is 2.01. The first-order valence-corrected chi connectivity index (χ1v) is 4.48. The van der Waals surface area contributed by atoms with Gasteiger partial charge in [-0.15, -0.1) is 0 Å². The smallest absolute Gasteiger partial charge is 0.126 e. The Morgan fingerprint density at radius 2 is 2.08 bits per heavy atom. The Kier molecular flexibility index (Phi) is 3.40. The number of benzene rings is 1. The van der Waals surface area contributed by atoms with Crippen LogP contribution in [0.15, 0.2) is 18.2 Å². The molecule has 0 aliphatic carbocycles. The number of rotatable bonds is 3. The molecule has 0 amide bonds. The lowest BCUT2D eigenvalue weighted by Crippen LogP contribution is -1.98. The zero-order valence-corrected chi connectivity index (χ0v) is 7.98. The Hall–Kier alpha value is -0.920. The molecule has 0 fully saturated rings. The zero-order valence-electron chi connectivity index (χ0n) is 7.98. The van der Waals surface area contributed by atoms with Crippen LogP contribution in [0.2, 0.25) is 0 Å². The first-order chi connectivity index (χ1) is 6.09. The highest BCUT2D eigenvalue weighted by Crippen LogP contribution is 2.13. The summed E-state index contributed by atoms with van der Waals surface area (Å²) in [6.07, 6.45) is 0.00543. The molecule has 1 atom stereocenters. The first-order valence-electron chi connectivity index (χ1n) is 4.48. The molecule has 0 spiro atoms. The average Bonchev–Trinajstić information content (AvgIpc) is 2.06. The van der Waals surface area contributed by atoms with E-state index in [1.54, 1.807) is 12.1 Å². The Morgan fingerprint density at radius 3 is 2.69 bits per heavy atom. The van der Waals surface area contributed by atoms with Gasteiger partial charge >= 0.3 is 0 Å². The van der Waals surface area contributed by atoms with Crippen LogP contribution in [0.4, 0.5) is 8.78 Å². The quantitative estimate of drug-likeness (QED) is 0.675. The maximum Gasteiger partial charge on any atom is 0.126 e. The molecule has 0 aromatic heterocycles. The minimum atomic E-state index is -0.861. The number of aryl methyl sites for hydroxylation is 2. The van der Waals surface area contributed by atoms with E-state index in [1.807, 2.05) is 6.92 Å². The summed E-state index contributed by atoms with van der Waals surface area (Å²) in [4.78, 5) is 0. The molecule has 1 rings (SSSR count). The summed E-state index contributed by atoms with van der Waals surface area (Å²) < 4.78 is 25.6. The lowest BCUT2D eigenvalue weighted by molar-refractivity contribution is 0.340. The van der Waals surface area contributed by atoms with E-state index in [4.69, 9.17) is 0 Å². The molecule has 0 bridgehead atoms. The van der Waals surface area contributed by atoms with Crippen LogP contribution >= 0.6 is 0 Å². The Morgan fingerprint density at radius 1 is 1.38 bits per heavy atom. The topological polar surface area (TPSA) is 0 Å². The minimum absolute atomic E-state index is 0.230. The van der Waals surface area contributed by atoms with E-state index in [1.165, 1.54) is 13.0 Å². The summed E-state index contributed by atoms with van der Waals surface area (Å²) in [6, 6.07) is 4.93. The largest absolute Gasteiger partial charge is 0.248 e. The van der Waals surface area contributed by atoms with Gasteiger partial charge in [-0.25, -0.2) is 8.78 Å². The van der Waals surface area contributed by atoms with Gasteiger partial charge in [0.15, 0.2) is 0 Å². The Balaban J connectivity index is 2.70. The van der Waals surface area contributed by atoms with Crippen LogP contribution in [-0.2, 0) is 6.42 Å². The number of hydrogen-bond acceptors (Lipinski definition) is 0. The van der Waals surface area contributed by atoms with Crippen LogP contribution < -0.4 is 0 Å². The number of hydrogen-bond donors (Lipinski definition) is 0. The van der Waals surface area contributed by atoms with E-state index in [0.29, 0.717) is 18.4 Å². The normalized spacial score (nSPS) is 12.9. The highest BCUT2D eigenvalue weighted by molar-refractivity contribution is 5.24. The molecular formula is C11H14F2. The van der Waals surface area contributed by atoms with Crippen LogP contribution in [0.5, 0.6) is 0 Å². The third-order valence-corrected chi connectivity index (χ3v) is 2.01. The standard InChI is InChI=1S/C11H14F2/c1-8-3-6-11(13)10(7-8)5-4-9(2)12/h3,6-7,9H,4-5H2,1-2H3/t9-/m0/s1. The summed E-state index contributed by atoms with van der Waals surface area (Å²) in [6.45, 7) is 3.40. The van der Waals surface area contributed by atoms with Gasteiger partial charge in [0.05, 0.1) is 6.17 Å². The van der Waals surface area contributed by atoms with Gasteiger partial charge in [0.25, 0.3) is 0 Å². The van der Waals surface area contributed by atoms with Crippen molar-refractivity contribution >= 4 is 0 Å². The zero-order chi connectivity index (χ0) is 9.84. The van der Waals surface area contributed by atoms with E-state index in [-0.39, 0.29) is 5.82 Å². The summed E-state index contributed by atoms with van der Waals surface area (Å²) >= 11 is 0. The maximum atomic E-state index is 13.1. The van der Waals surface area contributed by atoms with Gasteiger partial charge in [0.2, 0.25) is 0 Å². The number of halogens is 2. The van der Waals surface area contributed by atoms with Crippen molar-refractivity contribution in [2.75, 3.05) is 0 Å². The van der Waals surface area contributed by atoms with Gasteiger partial charge in [0.1, 0.15) is 5.82 Å². The lowest BCUT2D eigenvalue weighted by Gasteiger charge is -2.04. The van der Waals surface area contributed by atoms with Crippen molar-refractivity contribution in [3.8, 4) is 0 Å². The van der Waals surface area contributed by atoms with Crippen molar-refractivity contribution in [2.24, 2.45) is 0 Å². The molecule has 1 aromatic carbocycles. The highest BCUT2D eigenvalue weighted by atomic mass is 19.1. The van der Waals surface area contributed by atoms with Gasteiger partial charge in [0, 0.05) is 0 Å². The van der Waals surface area contributed by atoms with Crippen LogP contribution in [0, 0.1) is 12.7 Å². The second-order valence-electron chi connectivity index (χ2n) is 3.41. The predicted octanol–water partition coefficient (Wildman–Crippen LogP) is 3.42. The monoisotopic (exact) mass is 184 g/mol. The fourth-order valence-corrected chi connectivity index (χ4v) is 1.25. The SMILES string of the molecule is Cc1ccc(F)c(CC[C@H](C)F)c1. The van der Waals surface area contributed by atoms with Crippen molar-refractivity contribution in [2.45, 2.75) is 32.9 Å². The Labute approximate surface area is 77.6 Å². The fraction of sp³-hybridized carbons (Fsp3) is 0.455. The van der Waals surface area contributed by atoms with E-state index in [2.05, 4.69) is 0 Å².